The normalized spacial score (nSPS) is 21.7. The number of carbonyl (C=O) groups excluding carboxylic acids is 1. The van der Waals surface area contributed by atoms with Gasteiger partial charge in [-0.2, -0.15) is 0 Å². The lowest BCUT2D eigenvalue weighted by Gasteiger charge is -2.19. The Morgan fingerprint density at radius 2 is 1.76 bits per heavy atom. The Morgan fingerprint density at radius 3 is 2.53 bits per heavy atom. The lowest BCUT2D eigenvalue weighted by Crippen LogP contribution is -2.41. The number of nitrogens with one attached hydrogen (secondary N) is 2. The lowest BCUT2D eigenvalue weighted by atomic mass is 9.99. The molecule has 3 atom stereocenters. The largest absolute Gasteiger partial charge is 0.392 e. The minimum Gasteiger partial charge on any atom is -0.392 e. The number of ether oxygens (including phenoxy) is 1. The van der Waals surface area contributed by atoms with E-state index >= 15 is 4.39 Å². The summed E-state index contributed by atoms with van der Waals surface area (Å²) in [4.78, 5) is 14.2. The Morgan fingerprint density at radius 1 is 1.00 bits per heavy atom. The number of rotatable bonds is 7. The van der Waals surface area contributed by atoms with E-state index in [-0.39, 0.29) is 42.8 Å². The van der Waals surface area contributed by atoms with E-state index in [0.29, 0.717) is 22.6 Å². The van der Waals surface area contributed by atoms with Crippen molar-refractivity contribution in [1.29, 1.82) is 0 Å². The predicted octanol–water partition coefficient (Wildman–Crippen LogP) is 4.27. The van der Waals surface area contributed by atoms with Crippen LogP contribution in [0.25, 0.3) is 11.1 Å². The third-order valence-corrected chi connectivity index (χ3v) is 6.30. The fraction of sp³-hybridized carbons (Fsp3) is 0.240. The number of carbonyl (C=O) groups is 1. The molecule has 3 N–H and O–H groups in total. The number of aliphatic hydroxyl groups excluding tert-OH is 1. The van der Waals surface area contributed by atoms with Crippen LogP contribution in [0.5, 0.6) is 0 Å². The predicted molar refractivity (Wildman–Crippen MR) is 125 cm³/mol. The van der Waals surface area contributed by atoms with Crippen molar-refractivity contribution in [2.24, 2.45) is 0 Å². The molecule has 0 aliphatic carbocycles. The maximum atomic E-state index is 15.0. The zero-order valence-electron chi connectivity index (χ0n) is 18.0. The van der Waals surface area contributed by atoms with Crippen LogP contribution in [-0.2, 0) is 16.1 Å². The highest BCUT2D eigenvalue weighted by atomic mass is 35.5. The van der Waals surface area contributed by atoms with Gasteiger partial charge in [0.2, 0.25) is 5.91 Å². The molecule has 0 bridgehead atoms. The summed E-state index contributed by atoms with van der Waals surface area (Å²) in [7, 11) is 0. The zero-order chi connectivity index (χ0) is 23.8. The second-order valence-corrected chi connectivity index (χ2v) is 8.64. The molecule has 2 aliphatic rings. The van der Waals surface area contributed by atoms with Crippen LogP contribution in [0.4, 0.5) is 20.2 Å². The molecule has 0 aromatic heterocycles. The summed E-state index contributed by atoms with van der Waals surface area (Å²) in [6.45, 7) is -0.0461. The first-order valence-electron chi connectivity index (χ1n) is 10.9. The molecule has 0 spiro atoms. The molecule has 0 saturated carbocycles. The number of halogens is 3. The van der Waals surface area contributed by atoms with Crippen molar-refractivity contribution < 1.29 is 23.4 Å². The van der Waals surface area contributed by atoms with E-state index in [1.165, 1.54) is 17.0 Å². The molecule has 2 unspecified atom stereocenters. The van der Waals surface area contributed by atoms with Crippen LogP contribution in [0.2, 0.25) is 5.02 Å². The first-order valence-corrected chi connectivity index (χ1v) is 11.3. The summed E-state index contributed by atoms with van der Waals surface area (Å²) in [6.07, 6.45) is -0.241. The number of hydrogen-bond acceptors (Lipinski definition) is 5. The first kappa shape index (κ1) is 22.7. The van der Waals surface area contributed by atoms with Gasteiger partial charge in [-0.05, 0) is 53.9 Å². The molecule has 2 saturated heterocycles. The fourth-order valence-electron chi connectivity index (χ4n) is 4.21. The Hall–Kier alpha value is -3.04. The van der Waals surface area contributed by atoms with Crippen molar-refractivity contribution in [3.8, 4) is 11.1 Å². The van der Waals surface area contributed by atoms with Crippen molar-refractivity contribution in [2.75, 3.05) is 16.8 Å². The molecule has 0 radical (unpaired) electrons. The minimum atomic E-state index is -1.09. The van der Waals surface area contributed by atoms with Gasteiger partial charge in [0.15, 0.2) is 24.1 Å². The second kappa shape index (κ2) is 9.31. The Bertz CT molecular complexity index is 1220. The van der Waals surface area contributed by atoms with Gasteiger partial charge in [0.05, 0.1) is 18.3 Å². The molecule has 176 valence electrons. The minimum absolute atomic E-state index is 0.0368. The highest BCUT2D eigenvalue weighted by molar-refractivity contribution is 6.30. The summed E-state index contributed by atoms with van der Waals surface area (Å²) < 4.78 is 35.6. The third-order valence-electron chi connectivity index (χ3n) is 6.05. The maximum absolute atomic E-state index is 15.0. The molecule has 6 nitrogen and oxygen atoms in total. The molecule has 3 aromatic carbocycles. The second-order valence-electron chi connectivity index (χ2n) is 8.20. The Kier molecular flexibility index (Phi) is 6.22. The zero-order valence-corrected chi connectivity index (χ0v) is 18.7. The Balaban J connectivity index is 1.26. The van der Waals surface area contributed by atoms with Gasteiger partial charge < -0.3 is 20.1 Å². The molecule has 34 heavy (non-hydrogen) atoms. The average Bonchev–Trinajstić information content (AvgIpc) is 3.48. The van der Waals surface area contributed by atoms with Crippen LogP contribution in [0, 0.1) is 11.6 Å². The SMILES string of the molecule is O=C1[C@H](NC2OC2Nc2ccc(Cl)cc2)CCN1c1ccc(-c2ccccc2CO)c(F)c1F. The van der Waals surface area contributed by atoms with Crippen molar-refractivity contribution >= 4 is 28.9 Å². The van der Waals surface area contributed by atoms with Gasteiger partial charge in [0, 0.05) is 22.8 Å². The van der Waals surface area contributed by atoms with Crippen LogP contribution in [0.15, 0.2) is 60.7 Å². The van der Waals surface area contributed by atoms with Gasteiger partial charge in [0.25, 0.3) is 0 Å². The quantitative estimate of drug-likeness (QED) is 0.436. The summed E-state index contributed by atoms with van der Waals surface area (Å²) in [6, 6.07) is 16.1. The van der Waals surface area contributed by atoms with E-state index in [0.717, 1.165) is 5.69 Å². The van der Waals surface area contributed by atoms with Gasteiger partial charge in [-0.25, -0.2) is 8.78 Å². The number of epoxide rings is 1. The molecule has 9 heteroatoms. The van der Waals surface area contributed by atoms with Gasteiger partial charge >= 0.3 is 0 Å². The van der Waals surface area contributed by atoms with Crippen LogP contribution in [-0.4, -0.2) is 36.1 Å². The van der Waals surface area contributed by atoms with Gasteiger partial charge in [-0.1, -0.05) is 35.9 Å². The number of nitrogens with zero attached hydrogens (tertiary/aromatic N) is 1. The summed E-state index contributed by atoms with van der Waals surface area (Å²) in [5.74, 6) is -2.49. The number of hydrogen-bond donors (Lipinski definition) is 3. The summed E-state index contributed by atoms with van der Waals surface area (Å²) in [5, 5.41) is 16.5. The number of benzene rings is 3. The monoisotopic (exact) mass is 485 g/mol. The molecular weight excluding hydrogens is 464 g/mol. The molecule has 2 aliphatic heterocycles. The fourth-order valence-corrected chi connectivity index (χ4v) is 4.33. The van der Waals surface area contributed by atoms with Crippen molar-refractivity contribution in [3.63, 3.8) is 0 Å². The highest BCUT2D eigenvalue weighted by Crippen LogP contribution is 2.34. The molecule has 5 rings (SSSR count). The number of anilines is 2. The van der Waals surface area contributed by atoms with E-state index in [4.69, 9.17) is 16.3 Å². The first-order chi connectivity index (χ1) is 16.5. The van der Waals surface area contributed by atoms with Crippen LogP contribution in [0.1, 0.15) is 12.0 Å². The molecule has 2 heterocycles. The molecular formula is C25H22ClF2N3O3. The van der Waals surface area contributed by atoms with Gasteiger partial charge in [-0.15, -0.1) is 0 Å². The lowest BCUT2D eigenvalue weighted by molar-refractivity contribution is -0.119. The average molecular weight is 486 g/mol. The highest BCUT2D eigenvalue weighted by Gasteiger charge is 2.44. The van der Waals surface area contributed by atoms with Crippen LogP contribution in [0.3, 0.4) is 0 Å². The van der Waals surface area contributed by atoms with E-state index in [9.17, 15) is 14.3 Å². The Labute approximate surface area is 200 Å². The topological polar surface area (TPSA) is 77.1 Å². The van der Waals surface area contributed by atoms with E-state index in [1.807, 2.05) is 12.1 Å². The van der Waals surface area contributed by atoms with Crippen LogP contribution >= 0.6 is 11.6 Å². The van der Waals surface area contributed by atoms with Crippen molar-refractivity contribution in [2.45, 2.75) is 31.5 Å². The molecule has 1 amide bonds. The molecule has 2 fully saturated rings. The standard InChI is InChI=1S/C25H22ClF2N3O3/c26-15-5-7-16(8-6-15)29-23-24(34-23)30-19-11-12-31(25(19)33)20-10-9-18(21(27)22(20)28)17-4-2-1-3-14(17)13-32/h1-10,19,23-24,29-30,32H,11-13H2/t19-,23?,24?/m1/s1. The van der Waals surface area contributed by atoms with E-state index in [1.54, 1.807) is 36.4 Å². The number of aliphatic hydroxyl groups is 1. The number of amides is 1. The van der Waals surface area contributed by atoms with Gasteiger partial charge in [-0.3, -0.25) is 10.1 Å². The van der Waals surface area contributed by atoms with Crippen LogP contribution < -0.4 is 15.5 Å². The molecule has 3 aromatic rings. The summed E-state index contributed by atoms with van der Waals surface area (Å²) >= 11 is 5.89. The smallest absolute Gasteiger partial charge is 0.244 e. The third kappa shape index (κ3) is 4.37. The summed E-state index contributed by atoms with van der Waals surface area (Å²) in [5.41, 5.74) is 1.66. The van der Waals surface area contributed by atoms with Crippen molar-refractivity contribution in [1.82, 2.24) is 5.32 Å². The van der Waals surface area contributed by atoms with E-state index in [2.05, 4.69) is 10.6 Å². The van der Waals surface area contributed by atoms with Gasteiger partial charge in [0.1, 0.15) is 0 Å². The van der Waals surface area contributed by atoms with Crippen molar-refractivity contribution in [3.05, 3.63) is 82.9 Å². The maximum Gasteiger partial charge on any atom is 0.244 e. The van der Waals surface area contributed by atoms with E-state index < -0.39 is 17.7 Å².